The Bertz CT molecular complexity index is 1410. The smallest absolute Gasteiger partial charge is 0.407 e. The number of rotatable bonds is 11. The lowest BCUT2D eigenvalue weighted by atomic mass is 10.0. The Balaban J connectivity index is 1.75. The Hall–Kier alpha value is -3.99. The van der Waals surface area contributed by atoms with Gasteiger partial charge in [0.05, 0.1) is 23.9 Å². The van der Waals surface area contributed by atoms with Crippen molar-refractivity contribution in [3.8, 4) is 0 Å². The molecule has 1 unspecified atom stereocenters. The van der Waals surface area contributed by atoms with E-state index in [1.54, 1.807) is 43.8 Å². The van der Waals surface area contributed by atoms with Gasteiger partial charge in [0.1, 0.15) is 16.7 Å². The van der Waals surface area contributed by atoms with Crippen LogP contribution in [-0.4, -0.2) is 59.6 Å². The van der Waals surface area contributed by atoms with E-state index >= 15 is 0 Å². The third-order valence-corrected chi connectivity index (χ3v) is 7.00. The molecule has 208 valence electrons. The number of fused-ring (bicyclic) bond motifs is 1. The molecule has 0 aliphatic carbocycles. The summed E-state index contributed by atoms with van der Waals surface area (Å²) in [5.41, 5.74) is 1.84. The molecule has 1 aromatic carbocycles. The molecule has 39 heavy (non-hydrogen) atoms. The summed E-state index contributed by atoms with van der Waals surface area (Å²) in [4.78, 5) is 55.9. The number of likely N-dealkylation sites (N-methyl/N-ethyl adjacent to an activating group) is 1. The molecule has 3 amide bonds. The molecule has 0 aliphatic rings. The summed E-state index contributed by atoms with van der Waals surface area (Å²) in [6.07, 6.45) is 5.39. The number of anilines is 1. The molecular formula is C28H35N5O5S. The van der Waals surface area contributed by atoms with Crippen LogP contribution in [0.1, 0.15) is 37.3 Å². The summed E-state index contributed by atoms with van der Waals surface area (Å²) >= 11 is 1.57. The van der Waals surface area contributed by atoms with Gasteiger partial charge in [-0.1, -0.05) is 32.1 Å². The molecule has 3 rings (SSSR count). The summed E-state index contributed by atoms with van der Waals surface area (Å²) in [5, 5.41) is 5.91. The second kappa shape index (κ2) is 13.7. The molecule has 2 N–H and O–H groups in total. The van der Waals surface area contributed by atoms with Crippen LogP contribution < -0.4 is 16.2 Å². The van der Waals surface area contributed by atoms with E-state index < -0.39 is 18.0 Å². The number of pyridine rings is 1. The number of alkyl carbamates (subject to hydrolysis) is 1. The topological polar surface area (TPSA) is 123 Å². The Kier molecular flexibility index (Phi) is 10.4. The first-order valence-electron chi connectivity index (χ1n) is 12.7. The monoisotopic (exact) mass is 553 g/mol. The summed E-state index contributed by atoms with van der Waals surface area (Å²) in [6.45, 7) is 4.61. The summed E-state index contributed by atoms with van der Waals surface area (Å²) in [7, 11) is 4.47. The number of amides is 3. The van der Waals surface area contributed by atoms with Crippen LogP contribution in [0, 0.1) is 5.92 Å². The first-order chi connectivity index (χ1) is 18.6. The average molecular weight is 554 g/mol. The molecule has 0 spiro atoms. The number of benzene rings is 1. The fourth-order valence-corrected chi connectivity index (χ4v) is 4.99. The number of hydrogen-bond donors (Lipinski definition) is 2. The van der Waals surface area contributed by atoms with Crippen LogP contribution in [-0.2, 0) is 27.3 Å². The molecule has 11 heteroatoms. The summed E-state index contributed by atoms with van der Waals surface area (Å²) in [6, 6.07) is 8.29. The van der Waals surface area contributed by atoms with Crippen LogP contribution in [0.4, 0.5) is 10.5 Å². The van der Waals surface area contributed by atoms with Gasteiger partial charge in [0.15, 0.2) is 0 Å². The van der Waals surface area contributed by atoms with Crippen molar-refractivity contribution in [3.63, 3.8) is 0 Å². The molecule has 0 saturated carbocycles. The van der Waals surface area contributed by atoms with Crippen LogP contribution in [0.25, 0.3) is 10.2 Å². The molecule has 0 radical (unpaired) electrons. The van der Waals surface area contributed by atoms with Crippen LogP contribution >= 0.6 is 11.3 Å². The Morgan fingerprint density at radius 3 is 2.64 bits per heavy atom. The maximum atomic E-state index is 13.2. The number of nitrogens with one attached hydrogen (secondary N) is 2. The number of aromatic nitrogens is 2. The molecule has 2 aromatic heterocycles. The van der Waals surface area contributed by atoms with E-state index in [4.69, 9.17) is 4.98 Å². The minimum atomic E-state index is -0.978. The fraction of sp³-hybridized carbons (Fsp3) is 0.393. The van der Waals surface area contributed by atoms with E-state index in [9.17, 15) is 19.2 Å². The minimum absolute atomic E-state index is 0.0825. The van der Waals surface area contributed by atoms with Gasteiger partial charge < -0.3 is 24.8 Å². The van der Waals surface area contributed by atoms with E-state index in [-0.39, 0.29) is 30.1 Å². The number of nitrogens with zero attached hydrogens (tertiary/aromatic N) is 3. The highest BCUT2D eigenvalue weighted by Gasteiger charge is 2.22. The lowest BCUT2D eigenvalue weighted by Gasteiger charge is -2.17. The SMILES string of the molecule is COC(=O)NC(CC/C=C/C(=O)N(C)C)C(=O)Nc1cccn(Cc2nc3cccc(CC(C)C)c3s2)c1=O. The highest BCUT2D eigenvalue weighted by Crippen LogP contribution is 2.28. The predicted octanol–water partition coefficient (Wildman–Crippen LogP) is 3.79. The van der Waals surface area contributed by atoms with Crippen molar-refractivity contribution in [2.45, 2.75) is 45.7 Å². The number of ether oxygens (including phenoxy) is 1. The van der Waals surface area contributed by atoms with E-state index in [0.717, 1.165) is 21.6 Å². The first-order valence-corrected chi connectivity index (χ1v) is 13.5. The second-order valence-corrected chi connectivity index (χ2v) is 10.8. The molecule has 0 saturated heterocycles. The van der Waals surface area contributed by atoms with E-state index in [0.29, 0.717) is 12.3 Å². The zero-order valence-electron chi connectivity index (χ0n) is 22.9. The van der Waals surface area contributed by atoms with E-state index in [2.05, 4.69) is 35.3 Å². The number of hydrogen-bond acceptors (Lipinski definition) is 7. The molecule has 0 bridgehead atoms. The van der Waals surface area contributed by atoms with Crippen LogP contribution in [0.3, 0.4) is 0 Å². The second-order valence-electron chi connectivity index (χ2n) is 9.72. The standard InChI is InChI=1S/C28H35N5O5S/c1-18(2)16-19-10-8-12-20-25(19)39-23(29-20)17-33-15-9-13-22(27(33)36)30-26(35)21(31-28(37)38-5)11-6-7-14-24(34)32(3)4/h7-10,12-15,18,21H,6,11,16-17H2,1-5H3,(H,30,35)(H,31,37)/b14-7+. The van der Waals surface area contributed by atoms with Gasteiger partial charge in [0.2, 0.25) is 11.8 Å². The number of thiazole rings is 1. The quantitative estimate of drug-likeness (QED) is 0.349. The maximum absolute atomic E-state index is 13.2. The van der Waals surface area contributed by atoms with Crippen molar-refractivity contribution in [3.05, 3.63) is 69.6 Å². The molecule has 3 aromatic rings. The van der Waals surface area contributed by atoms with E-state index in [1.165, 1.54) is 34.3 Å². The van der Waals surface area contributed by atoms with Crippen LogP contribution in [0.2, 0.25) is 0 Å². The van der Waals surface area contributed by atoms with Crippen LogP contribution in [0.5, 0.6) is 0 Å². The van der Waals surface area contributed by atoms with Gasteiger partial charge in [-0.05, 0) is 55.0 Å². The lowest BCUT2D eigenvalue weighted by molar-refractivity contribution is -0.123. The normalized spacial score (nSPS) is 12.1. The molecule has 1 atom stereocenters. The van der Waals surface area contributed by atoms with Crippen molar-refractivity contribution in [1.29, 1.82) is 0 Å². The van der Waals surface area contributed by atoms with Gasteiger partial charge in [-0.25, -0.2) is 9.78 Å². The summed E-state index contributed by atoms with van der Waals surface area (Å²) in [5.74, 6) is -0.245. The van der Waals surface area contributed by atoms with Crippen molar-refractivity contribution in [1.82, 2.24) is 19.8 Å². The molecule has 10 nitrogen and oxygen atoms in total. The number of carbonyl (C=O) groups excluding carboxylic acids is 3. The van der Waals surface area contributed by atoms with Gasteiger partial charge in [0, 0.05) is 20.3 Å². The Morgan fingerprint density at radius 1 is 1.18 bits per heavy atom. The minimum Gasteiger partial charge on any atom is -0.453 e. The van der Waals surface area contributed by atoms with Gasteiger partial charge in [-0.3, -0.25) is 14.4 Å². The van der Waals surface area contributed by atoms with Crippen molar-refractivity contribution < 1.29 is 19.1 Å². The zero-order chi connectivity index (χ0) is 28.5. The van der Waals surface area contributed by atoms with Crippen molar-refractivity contribution >= 4 is 45.1 Å². The van der Waals surface area contributed by atoms with Crippen molar-refractivity contribution in [2.75, 3.05) is 26.5 Å². The Morgan fingerprint density at radius 2 is 1.95 bits per heavy atom. The van der Waals surface area contributed by atoms with Gasteiger partial charge in [-0.15, -0.1) is 11.3 Å². The lowest BCUT2D eigenvalue weighted by Crippen LogP contribution is -2.44. The Labute approximate surface area is 231 Å². The number of methoxy groups -OCH3 is 1. The van der Waals surface area contributed by atoms with Gasteiger partial charge >= 0.3 is 6.09 Å². The largest absolute Gasteiger partial charge is 0.453 e. The highest BCUT2D eigenvalue weighted by atomic mass is 32.1. The number of allylic oxidation sites excluding steroid dienone is 1. The number of carbonyl (C=O) groups is 3. The highest BCUT2D eigenvalue weighted by molar-refractivity contribution is 7.18. The van der Waals surface area contributed by atoms with Crippen LogP contribution in [0.15, 0.2) is 53.5 Å². The van der Waals surface area contributed by atoms with Gasteiger partial charge in [-0.2, -0.15) is 0 Å². The third-order valence-electron chi connectivity index (χ3n) is 5.87. The van der Waals surface area contributed by atoms with Crippen molar-refractivity contribution in [2.24, 2.45) is 5.92 Å². The van der Waals surface area contributed by atoms with Gasteiger partial charge in [0.25, 0.3) is 5.56 Å². The molecule has 2 heterocycles. The maximum Gasteiger partial charge on any atom is 0.407 e. The molecule has 0 fully saturated rings. The fourth-order valence-electron chi connectivity index (χ4n) is 3.91. The first kappa shape index (κ1) is 29.6. The zero-order valence-corrected chi connectivity index (χ0v) is 23.7. The van der Waals surface area contributed by atoms with E-state index in [1.807, 2.05) is 12.1 Å². The third kappa shape index (κ3) is 8.25. The molecular weight excluding hydrogens is 518 g/mol. The predicted molar refractivity (Wildman–Crippen MR) is 153 cm³/mol. The summed E-state index contributed by atoms with van der Waals surface area (Å²) < 4.78 is 7.26. The molecule has 0 aliphatic heterocycles. The average Bonchev–Trinajstić information content (AvgIpc) is 3.31.